The third-order valence-corrected chi connectivity index (χ3v) is 4.21. The van der Waals surface area contributed by atoms with Gasteiger partial charge in [-0.05, 0) is 25.8 Å². The molecule has 0 aliphatic heterocycles. The molecular formula is C12H15N5S. The second-order valence-corrected chi connectivity index (χ2v) is 5.41. The Hall–Kier alpha value is -1.69. The van der Waals surface area contributed by atoms with Crippen molar-refractivity contribution in [3.63, 3.8) is 0 Å². The van der Waals surface area contributed by atoms with E-state index in [4.69, 9.17) is 0 Å². The van der Waals surface area contributed by atoms with Gasteiger partial charge in [-0.1, -0.05) is 6.92 Å². The van der Waals surface area contributed by atoms with E-state index in [-0.39, 0.29) is 0 Å². The second-order valence-electron chi connectivity index (χ2n) is 4.41. The van der Waals surface area contributed by atoms with Gasteiger partial charge in [0, 0.05) is 17.6 Å². The molecule has 94 valence electrons. The Bertz CT molecular complexity index is 712. The van der Waals surface area contributed by atoms with Crippen molar-refractivity contribution in [2.24, 2.45) is 0 Å². The van der Waals surface area contributed by atoms with Gasteiger partial charge in [0.05, 0.1) is 0 Å². The zero-order chi connectivity index (χ0) is 12.7. The van der Waals surface area contributed by atoms with E-state index in [1.807, 2.05) is 6.92 Å². The molecule has 18 heavy (non-hydrogen) atoms. The molecule has 0 spiro atoms. The van der Waals surface area contributed by atoms with E-state index in [2.05, 4.69) is 39.6 Å². The van der Waals surface area contributed by atoms with Crippen LogP contribution in [-0.2, 0) is 0 Å². The number of anilines is 1. The van der Waals surface area contributed by atoms with E-state index >= 15 is 0 Å². The average molecular weight is 261 g/mol. The predicted octanol–water partition coefficient (Wildman–Crippen LogP) is 3.01. The monoisotopic (exact) mass is 261 g/mol. The molecule has 0 unspecified atom stereocenters. The largest absolute Gasteiger partial charge is 0.367 e. The lowest BCUT2D eigenvalue weighted by Crippen LogP contribution is -1.99. The van der Waals surface area contributed by atoms with Gasteiger partial charge in [0.2, 0.25) is 0 Å². The van der Waals surface area contributed by atoms with Gasteiger partial charge < -0.3 is 5.32 Å². The fourth-order valence-corrected chi connectivity index (χ4v) is 3.08. The normalized spacial score (nSPS) is 11.5. The lowest BCUT2D eigenvalue weighted by molar-refractivity contribution is 0.963. The second kappa shape index (κ2) is 4.20. The minimum Gasteiger partial charge on any atom is -0.367 e. The van der Waals surface area contributed by atoms with Crippen LogP contribution in [-0.4, -0.2) is 26.9 Å². The molecule has 3 aromatic heterocycles. The number of nitrogens with zero attached hydrogens (tertiary/aromatic N) is 3. The SMILES string of the molecule is CCCNc1nnc2c1sc1n[nH]c(C)c(C)c12. The van der Waals surface area contributed by atoms with E-state index in [1.54, 1.807) is 11.3 Å². The highest BCUT2D eigenvalue weighted by Crippen LogP contribution is 2.37. The Morgan fingerprint density at radius 2 is 2.11 bits per heavy atom. The summed E-state index contributed by atoms with van der Waals surface area (Å²) in [6.07, 6.45) is 1.07. The molecule has 2 N–H and O–H groups in total. The van der Waals surface area contributed by atoms with Crippen molar-refractivity contribution < 1.29 is 0 Å². The van der Waals surface area contributed by atoms with Crippen LogP contribution < -0.4 is 5.32 Å². The third kappa shape index (κ3) is 1.56. The van der Waals surface area contributed by atoms with Gasteiger partial charge in [-0.25, -0.2) is 0 Å². The molecule has 0 aliphatic rings. The Morgan fingerprint density at radius 3 is 2.89 bits per heavy atom. The predicted molar refractivity (Wildman–Crippen MR) is 75.3 cm³/mol. The van der Waals surface area contributed by atoms with Gasteiger partial charge in [-0.15, -0.1) is 21.5 Å². The smallest absolute Gasteiger partial charge is 0.168 e. The Balaban J connectivity index is 2.25. The van der Waals surface area contributed by atoms with Gasteiger partial charge in [0.1, 0.15) is 15.0 Å². The van der Waals surface area contributed by atoms with Crippen molar-refractivity contribution in [1.82, 2.24) is 20.4 Å². The van der Waals surface area contributed by atoms with Gasteiger partial charge in [-0.3, -0.25) is 5.10 Å². The number of nitrogens with one attached hydrogen (secondary N) is 2. The van der Waals surface area contributed by atoms with E-state index in [1.165, 1.54) is 5.56 Å². The zero-order valence-electron chi connectivity index (χ0n) is 10.7. The van der Waals surface area contributed by atoms with Crippen molar-refractivity contribution in [2.75, 3.05) is 11.9 Å². The molecule has 0 aliphatic carbocycles. The maximum Gasteiger partial charge on any atom is 0.168 e. The summed E-state index contributed by atoms with van der Waals surface area (Å²) in [5.41, 5.74) is 3.25. The number of thiophene rings is 1. The zero-order valence-corrected chi connectivity index (χ0v) is 11.5. The summed E-state index contributed by atoms with van der Waals surface area (Å²) in [6.45, 7) is 7.17. The van der Waals surface area contributed by atoms with Crippen LogP contribution in [0.1, 0.15) is 24.6 Å². The standard InChI is InChI=1S/C12H15N5S/c1-4-5-13-11-10-9(15-16-11)8-6(2)7(3)14-17-12(8)18-10/h13-14H,4-5H2,1-3H3. The van der Waals surface area contributed by atoms with Crippen molar-refractivity contribution in [2.45, 2.75) is 27.2 Å². The van der Waals surface area contributed by atoms with Crippen LogP contribution in [0.3, 0.4) is 0 Å². The highest BCUT2D eigenvalue weighted by atomic mass is 32.1. The summed E-state index contributed by atoms with van der Waals surface area (Å²) >= 11 is 1.64. The molecule has 0 amide bonds. The molecule has 3 aromatic rings. The molecular weight excluding hydrogens is 246 g/mol. The number of aromatic amines is 1. The fraction of sp³-hybridized carbons (Fsp3) is 0.417. The maximum atomic E-state index is 4.37. The Labute approximate surface area is 109 Å². The van der Waals surface area contributed by atoms with E-state index in [0.29, 0.717) is 0 Å². The number of aryl methyl sites for hydroxylation is 2. The topological polar surface area (TPSA) is 66.5 Å². The summed E-state index contributed by atoms with van der Waals surface area (Å²) in [4.78, 5) is 0.998. The number of hydrogen-bond donors (Lipinski definition) is 2. The van der Waals surface area contributed by atoms with Gasteiger partial charge in [0.15, 0.2) is 5.82 Å². The van der Waals surface area contributed by atoms with Gasteiger partial charge >= 0.3 is 0 Å². The van der Waals surface area contributed by atoms with Crippen LogP contribution in [0.2, 0.25) is 0 Å². The molecule has 6 heteroatoms. The Morgan fingerprint density at radius 1 is 1.28 bits per heavy atom. The van der Waals surface area contributed by atoms with Crippen LogP contribution in [0.4, 0.5) is 5.82 Å². The van der Waals surface area contributed by atoms with Crippen LogP contribution in [0.15, 0.2) is 0 Å². The summed E-state index contributed by atoms with van der Waals surface area (Å²) in [6, 6.07) is 0. The van der Waals surface area contributed by atoms with Crippen molar-refractivity contribution in [3.05, 3.63) is 11.3 Å². The highest BCUT2D eigenvalue weighted by molar-refractivity contribution is 7.26. The van der Waals surface area contributed by atoms with Crippen LogP contribution >= 0.6 is 11.3 Å². The summed E-state index contributed by atoms with van der Waals surface area (Å²) < 4.78 is 1.10. The van der Waals surface area contributed by atoms with Gasteiger partial charge in [0.25, 0.3) is 0 Å². The summed E-state index contributed by atoms with van der Waals surface area (Å²) in [5.74, 6) is 0.881. The minimum atomic E-state index is 0.881. The lowest BCUT2D eigenvalue weighted by atomic mass is 10.1. The molecule has 0 atom stereocenters. The molecule has 0 aromatic carbocycles. The van der Waals surface area contributed by atoms with Gasteiger partial charge in [-0.2, -0.15) is 5.10 Å². The molecule has 3 heterocycles. The fourth-order valence-electron chi connectivity index (χ4n) is 1.99. The first-order chi connectivity index (χ1) is 8.72. The Kier molecular flexibility index (Phi) is 2.66. The first-order valence-electron chi connectivity index (χ1n) is 6.06. The molecule has 0 radical (unpaired) electrons. The molecule has 3 rings (SSSR count). The highest BCUT2D eigenvalue weighted by Gasteiger charge is 2.16. The van der Waals surface area contributed by atoms with Crippen molar-refractivity contribution in [1.29, 1.82) is 0 Å². The summed E-state index contributed by atoms with van der Waals surface area (Å²) in [7, 11) is 0. The van der Waals surface area contributed by atoms with E-state index in [0.717, 1.165) is 44.9 Å². The van der Waals surface area contributed by atoms with Crippen LogP contribution in [0.5, 0.6) is 0 Å². The number of aromatic nitrogens is 4. The van der Waals surface area contributed by atoms with Crippen LogP contribution in [0, 0.1) is 13.8 Å². The number of rotatable bonds is 3. The van der Waals surface area contributed by atoms with E-state index < -0.39 is 0 Å². The first-order valence-corrected chi connectivity index (χ1v) is 6.88. The molecule has 0 bridgehead atoms. The lowest BCUT2D eigenvalue weighted by Gasteiger charge is -1.99. The molecule has 0 fully saturated rings. The average Bonchev–Trinajstić information content (AvgIpc) is 2.90. The molecule has 0 saturated heterocycles. The van der Waals surface area contributed by atoms with Crippen molar-refractivity contribution >= 4 is 37.6 Å². The summed E-state index contributed by atoms with van der Waals surface area (Å²) in [5, 5.41) is 20.4. The third-order valence-electron chi connectivity index (χ3n) is 3.13. The number of hydrogen-bond acceptors (Lipinski definition) is 5. The molecule has 5 nitrogen and oxygen atoms in total. The molecule has 0 saturated carbocycles. The first kappa shape index (κ1) is 11.4. The van der Waals surface area contributed by atoms with Crippen LogP contribution in [0.25, 0.3) is 20.4 Å². The van der Waals surface area contributed by atoms with Crippen molar-refractivity contribution in [3.8, 4) is 0 Å². The minimum absolute atomic E-state index is 0.881. The quantitative estimate of drug-likeness (QED) is 0.760. The number of fused-ring (bicyclic) bond motifs is 3. The van der Waals surface area contributed by atoms with E-state index in [9.17, 15) is 0 Å². The maximum absolute atomic E-state index is 4.37. The number of H-pyrrole nitrogens is 1.